The molecule has 0 atom stereocenters. The van der Waals surface area contributed by atoms with E-state index >= 15 is 0 Å². The molecule has 4 nitrogen and oxygen atoms in total. The molecule has 1 saturated carbocycles. The first-order valence-corrected chi connectivity index (χ1v) is 5.71. The molecule has 0 bridgehead atoms. The second-order valence-electron chi connectivity index (χ2n) is 4.15. The average Bonchev–Trinajstić information content (AvgIpc) is 2.39. The maximum absolute atomic E-state index is 11.3. The monoisotopic (exact) mass is 220 g/mol. The minimum atomic E-state index is -0.389. The van der Waals surface area contributed by atoms with Crippen molar-refractivity contribution in [2.45, 2.75) is 38.0 Å². The van der Waals surface area contributed by atoms with Gasteiger partial charge in [0.15, 0.2) is 5.69 Å². The smallest absolute Gasteiger partial charge is 0.356 e. The fourth-order valence-corrected chi connectivity index (χ4v) is 2.21. The molecule has 0 aliphatic heterocycles. The maximum atomic E-state index is 11.3. The lowest BCUT2D eigenvalue weighted by Crippen LogP contribution is -2.10. The van der Waals surface area contributed by atoms with Gasteiger partial charge in [-0.05, 0) is 18.9 Å². The molecule has 0 spiro atoms. The van der Waals surface area contributed by atoms with Gasteiger partial charge >= 0.3 is 5.97 Å². The van der Waals surface area contributed by atoms with Crippen LogP contribution in [0.5, 0.6) is 0 Å². The topological polar surface area (TPSA) is 52.1 Å². The Kier molecular flexibility index (Phi) is 3.49. The Balaban J connectivity index is 2.17. The van der Waals surface area contributed by atoms with Crippen LogP contribution in [0.25, 0.3) is 0 Å². The summed E-state index contributed by atoms with van der Waals surface area (Å²) >= 11 is 0. The van der Waals surface area contributed by atoms with Gasteiger partial charge in [-0.3, -0.25) is 0 Å². The van der Waals surface area contributed by atoms with Gasteiger partial charge in [0.05, 0.1) is 7.11 Å². The molecule has 1 heterocycles. The summed E-state index contributed by atoms with van der Waals surface area (Å²) in [5.41, 5.74) is 1.34. The lowest BCUT2D eigenvalue weighted by Gasteiger charge is -2.20. The van der Waals surface area contributed by atoms with Crippen molar-refractivity contribution in [1.29, 1.82) is 0 Å². The summed E-state index contributed by atoms with van der Waals surface area (Å²) in [5.74, 6) is 0.0969. The predicted octanol–water partition coefficient (Wildman–Crippen LogP) is 2.31. The van der Waals surface area contributed by atoms with Gasteiger partial charge in [0, 0.05) is 11.6 Å². The summed E-state index contributed by atoms with van der Waals surface area (Å²) in [6.07, 6.45) is 7.60. The van der Waals surface area contributed by atoms with Crippen molar-refractivity contribution >= 4 is 5.97 Å². The van der Waals surface area contributed by atoms with Gasteiger partial charge in [-0.2, -0.15) is 0 Å². The Morgan fingerprint density at radius 2 is 2.06 bits per heavy atom. The zero-order chi connectivity index (χ0) is 11.4. The third kappa shape index (κ3) is 2.38. The van der Waals surface area contributed by atoms with Gasteiger partial charge in [0.1, 0.15) is 6.33 Å². The van der Waals surface area contributed by atoms with E-state index in [2.05, 4.69) is 14.7 Å². The first-order valence-electron chi connectivity index (χ1n) is 5.71. The third-order valence-corrected chi connectivity index (χ3v) is 3.11. The van der Waals surface area contributed by atoms with Crippen molar-refractivity contribution in [2.24, 2.45) is 0 Å². The Morgan fingerprint density at radius 3 is 2.75 bits per heavy atom. The molecule has 1 aliphatic rings. The molecule has 1 aliphatic carbocycles. The number of aromatic nitrogens is 2. The van der Waals surface area contributed by atoms with Gasteiger partial charge in [-0.15, -0.1) is 0 Å². The highest BCUT2D eigenvalue weighted by atomic mass is 16.5. The lowest BCUT2D eigenvalue weighted by atomic mass is 9.86. The molecular formula is C12H16N2O2. The molecule has 1 fully saturated rings. The summed E-state index contributed by atoms with van der Waals surface area (Å²) < 4.78 is 4.65. The van der Waals surface area contributed by atoms with E-state index in [4.69, 9.17) is 0 Å². The highest BCUT2D eigenvalue weighted by Crippen LogP contribution is 2.31. The van der Waals surface area contributed by atoms with Crippen LogP contribution in [-0.2, 0) is 4.74 Å². The fourth-order valence-electron chi connectivity index (χ4n) is 2.21. The largest absolute Gasteiger partial charge is 0.464 e. The van der Waals surface area contributed by atoms with E-state index in [1.807, 2.05) is 0 Å². The Labute approximate surface area is 95.1 Å². The van der Waals surface area contributed by atoms with E-state index in [9.17, 15) is 4.79 Å². The van der Waals surface area contributed by atoms with Crippen LogP contribution in [0.4, 0.5) is 0 Å². The number of rotatable bonds is 2. The first-order chi connectivity index (χ1) is 7.81. The number of carbonyl (C=O) groups is 1. The summed E-state index contributed by atoms with van der Waals surface area (Å²) in [7, 11) is 1.37. The van der Waals surface area contributed by atoms with Gasteiger partial charge < -0.3 is 4.74 Å². The van der Waals surface area contributed by atoms with E-state index in [-0.39, 0.29) is 5.97 Å². The van der Waals surface area contributed by atoms with Crippen LogP contribution in [0.15, 0.2) is 12.4 Å². The molecule has 0 unspecified atom stereocenters. The molecule has 0 saturated heterocycles. The molecule has 0 amide bonds. The number of esters is 1. The quantitative estimate of drug-likeness (QED) is 0.718. The highest BCUT2D eigenvalue weighted by molar-refractivity contribution is 5.87. The molecule has 1 aromatic heterocycles. The van der Waals surface area contributed by atoms with Crippen LogP contribution in [-0.4, -0.2) is 23.0 Å². The molecular weight excluding hydrogens is 204 g/mol. The number of hydrogen-bond donors (Lipinski definition) is 0. The second-order valence-corrected chi connectivity index (χ2v) is 4.15. The van der Waals surface area contributed by atoms with Gasteiger partial charge in [0.25, 0.3) is 0 Å². The zero-order valence-corrected chi connectivity index (χ0v) is 9.48. The zero-order valence-electron chi connectivity index (χ0n) is 9.48. The molecule has 0 aromatic carbocycles. The molecule has 0 radical (unpaired) electrons. The molecule has 2 rings (SSSR count). The number of nitrogens with zero attached hydrogens (tertiary/aromatic N) is 2. The van der Waals surface area contributed by atoms with E-state index in [1.54, 1.807) is 6.07 Å². The van der Waals surface area contributed by atoms with E-state index in [0.29, 0.717) is 11.6 Å². The Morgan fingerprint density at radius 1 is 1.31 bits per heavy atom. The molecule has 4 heteroatoms. The van der Waals surface area contributed by atoms with Crippen molar-refractivity contribution in [3.8, 4) is 0 Å². The standard InChI is InChI=1S/C12H16N2O2/c1-16-12(15)11-7-10(13-8-14-11)9-5-3-2-4-6-9/h7-9H,2-6H2,1H3. The minimum absolute atomic E-state index is 0.359. The van der Waals surface area contributed by atoms with Crippen LogP contribution in [0.2, 0.25) is 0 Å². The van der Waals surface area contributed by atoms with E-state index in [0.717, 1.165) is 18.5 Å². The Bertz CT molecular complexity index is 373. The predicted molar refractivity (Wildman–Crippen MR) is 59.2 cm³/mol. The normalized spacial score (nSPS) is 17.1. The molecule has 16 heavy (non-hydrogen) atoms. The van der Waals surface area contributed by atoms with Crippen LogP contribution >= 0.6 is 0 Å². The van der Waals surface area contributed by atoms with Gasteiger partial charge in [-0.25, -0.2) is 14.8 Å². The van der Waals surface area contributed by atoms with E-state index < -0.39 is 0 Å². The number of methoxy groups -OCH3 is 1. The second kappa shape index (κ2) is 5.05. The third-order valence-electron chi connectivity index (χ3n) is 3.11. The van der Waals surface area contributed by atoms with Gasteiger partial charge in [-0.1, -0.05) is 19.3 Å². The summed E-state index contributed by atoms with van der Waals surface area (Å²) in [5, 5.41) is 0. The maximum Gasteiger partial charge on any atom is 0.356 e. The number of ether oxygens (including phenoxy) is 1. The van der Waals surface area contributed by atoms with E-state index in [1.165, 1.54) is 32.7 Å². The van der Waals surface area contributed by atoms with Crippen LogP contribution < -0.4 is 0 Å². The Hall–Kier alpha value is -1.45. The molecule has 0 N–H and O–H groups in total. The number of carbonyl (C=O) groups excluding carboxylic acids is 1. The van der Waals surface area contributed by atoms with Crippen LogP contribution in [0.3, 0.4) is 0 Å². The van der Waals surface area contributed by atoms with Crippen LogP contribution in [0, 0.1) is 0 Å². The van der Waals surface area contributed by atoms with Crippen molar-refractivity contribution in [2.75, 3.05) is 7.11 Å². The fraction of sp³-hybridized carbons (Fsp3) is 0.583. The van der Waals surface area contributed by atoms with Crippen molar-refractivity contribution < 1.29 is 9.53 Å². The lowest BCUT2D eigenvalue weighted by molar-refractivity contribution is 0.0593. The minimum Gasteiger partial charge on any atom is -0.464 e. The first kappa shape index (κ1) is 11.0. The summed E-state index contributed by atoms with van der Waals surface area (Å²) in [4.78, 5) is 19.5. The highest BCUT2D eigenvalue weighted by Gasteiger charge is 2.18. The summed E-state index contributed by atoms with van der Waals surface area (Å²) in [6, 6.07) is 1.77. The van der Waals surface area contributed by atoms with Crippen molar-refractivity contribution in [3.63, 3.8) is 0 Å². The summed E-state index contributed by atoms with van der Waals surface area (Å²) in [6.45, 7) is 0. The molecule has 86 valence electrons. The molecule has 1 aromatic rings. The van der Waals surface area contributed by atoms with Crippen LogP contribution in [0.1, 0.15) is 54.2 Å². The van der Waals surface area contributed by atoms with Crippen molar-refractivity contribution in [3.05, 3.63) is 23.8 Å². The average molecular weight is 220 g/mol. The van der Waals surface area contributed by atoms with Gasteiger partial charge in [0.2, 0.25) is 0 Å². The van der Waals surface area contributed by atoms with Crippen molar-refractivity contribution in [1.82, 2.24) is 9.97 Å². The SMILES string of the molecule is COC(=O)c1cc(C2CCCCC2)ncn1. The number of hydrogen-bond acceptors (Lipinski definition) is 4.